The lowest BCUT2D eigenvalue weighted by Crippen LogP contribution is -2.09. The van der Waals surface area contributed by atoms with Crippen LogP contribution >= 0.6 is 0 Å². The van der Waals surface area contributed by atoms with Crippen molar-refractivity contribution in [2.75, 3.05) is 0 Å². The van der Waals surface area contributed by atoms with E-state index in [-0.39, 0.29) is 11.5 Å². The van der Waals surface area contributed by atoms with E-state index in [9.17, 15) is 9.70 Å². The molecule has 0 saturated heterocycles. The summed E-state index contributed by atoms with van der Waals surface area (Å²) in [6, 6.07) is 22.7. The molecule has 4 heteroatoms. The number of nitroso groups, excluding NO2 is 1. The van der Waals surface area contributed by atoms with Gasteiger partial charge in [-0.15, -0.1) is 0 Å². The quantitative estimate of drug-likeness (QED) is 0.684. The maximum absolute atomic E-state index is 11.4. The number of nitrogens with zero attached hydrogens (tertiary/aromatic N) is 1. The average molecular weight is 318 g/mol. The summed E-state index contributed by atoms with van der Waals surface area (Å²) < 4.78 is 0. The maximum atomic E-state index is 11.4. The van der Waals surface area contributed by atoms with Crippen molar-refractivity contribution in [1.29, 1.82) is 0 Å². The van der Waals surface area contributed by atoms with Crippen LogP contribution in [0.1, 0.15) is 35.1 Å². The van der Waals surface area contributed by atoms with Gasteiger partial charge in [0, 0.05) is 18.2 Å². The summed E-state index contributed by atoms with van der Waals surface area (Å²) in [6.45, 7) is 0. The predicted octanol–water partition coefficient (Wildman–Crippen LogP) is 4.40. The van der Waals surface area contributed by atoms with E-state index in [0.717, 1.165) is 16.7 Å². The van der Waals surface area contributed by atoms with E-state index in [1.165, 1.54) is 6.07 Å². The van der Waals surface area contributed by atoms with E-state index in [1.807, 2.05) is 36.4 Å². The minimum absolute atomic E-state index is 0.0574. The third-order valence-corrected chi connectivity index (χ3v) is 4.18. The molecule has 0 saturated carbocycles. The van der Waals surface area contributed by atoms with Crippen molar-refractivity contribution in [3.63, 3.8) is 0 Å². The van der Waals surface area contributed by atoms with Crippen molar-refractivity contribution >= 4 is 0 Å². The van der Waals surface area contributed by atoms with Crippen molar-refractivity contribution in [2.24, 2.45) is 5.18 Å². The van der Waals surface area contributed by atoms with Gasteiger partial charge in [-0.25, -0.2) is 0 Å². The highest BCUT2D eigenvalue weighted by Crippen LogP contribution is 2.35. The van der Waals surface area contributed by atoms with Crippen LogP contribution in [0.5, 0.6) is 0 Å². The molecule has 0 aliphatic heterocycles. The maximum Gasteiger partial charge on any atom is 0.247 e. The van der Waals surface area contributed by atoms with E-state index in [1.54, 1.807) is 12.3 Å². The highest BCUT2D eigenvalue weighted by Gasteiger charge is 2.22. The molecule has 0 aliphatic rings. The Labute approximate surface area is 140 Å². The molecular formula is C20H18N2O2. The second-order valence-electron chi connectivity index (χ2n) is 5.72. The second kappa shape index (κ2) is 7.51. The third kappa shape index (κ3) is 3.66. The number of aromatic nitrogens is 1. The van der Waals surface area contributed by atoms with Crippen LogP contribution in [-0.2, 0) is 0 Å². The SMILES string of the molecule is O=NC(CC(c1ccccc1)c1ccccc1)c1ccc(=O)[nH]c1. The molecule has 120 valence electrons. The Kier molecular flexibility index (Phi) is 4.96. The lowest BCUT2D eigenvalue weighted by atomic mass is 9.85. The van der Waals surface area contributed by atoms with Crippen molar-refractivity contribution in [1.82, 2.24) is 4.98 Å². The van der Waals surface area contributed by atoms with E-state index >= 15 is 0 Å². The van der Waals surface area contributed by atoms with Gasteiger partial charge in [0.25, 0.3) is 0 Å². The van der Waals surface area contributed by atoms with Crippen molar-refractivity contribution < 1.29 is 0 Å². The van der Waals surface area contributed by atoms with Gasteiger partial charge in [0.2, 0.25) is 5.56 Å². The van der Waals surface area contributed by atoms with Gasteiger partial charge in [-0.2, -0.15) is 4.91 Å². The average Bonchev–Trinajstić information content (AvgIpc) is 2.65. The Bertz CT molecular complexity index is 784. The smallest absolute Gasteiger partial charge is 0.247 e. The van der Waals surface area contributed by atoms with Gasteiger partial charge in [-0.1, -0.05) is 65.8 Å². The molecule has 4 nitrogen and oxygen atoms in total. The molecule has 0 bridgehead atoms. The fourth-order valence-corrected chi connectivity index (χ4v) is 2.93. The summed E-state index contributed by atoms with van der Waals surface area (Å²) in [5, 5.41) is 3.31. The number of rotatable bonds is 6. The minimum atomic E-state index is -0.521. The van der Waals surface area contributed by atoms with Gasteiger partial charge in [-0.05, 0) is 29.2 Å². The first-order valence-corrected chi connectivity index (χ1v) is 7.89. The first-order chi connectivity index (χ1) is 11.8. The van der Waals surface area contributed by atoms with Gasteiger partial charge in [0.1, 0.15) is 6.04 Å². The van der Waals surface area contributed by atoms with Crippen LogP contribution in [0.3, 0.4) is 0 Å². The Balaban J connectivity index is 1.95. The third-order valence-electron chi connectivity index (χ3n) is 4.18. The number of pyridine rings is 1. The Hall–Kier alpha value is -3.01. The van der Waals surface area contributed by atoms with Gasteiger partial charge in [0.05, 0.1) is 0 Å². The molecule has 1 atom stereocenters. The standard InChI is InChI=1S/C20H18N2O2/c23-20-12-11-17(14-21-20)19(22-24)13-18(15-7-3-1-4-8-15)16-9-5-2-6-10-16/h1-12,14,18-19H,13H2,(H,21,23). The van der Waals surface area contributed by atoms with Crippen molar-refractivity contribution in [3.05, 3.63) is 111 Å². The Morgan fingerprint density at radius 3 is 1.83 bits per heavy atom. The summed E-state index contributed by atoms with van der Waals surface area (Å²) in [5.41, 5.74) is 2.82. The molecule has 0 spiro atoms. The van der Waals surface area contributed by atoms with Crippen LogP contribution in [0.4, 0.5) is 0 Å². The van der Waals surface area contributed by atoms with E-state index < -0.39 is 6.04 Å². The van der Waals surface area contributed by atoms with Crippen molar-refractivity contribution in [2.45, 2.75) is 18.4 Å². The van der Waals surface area contributed by atoms with E-state index in [4.69, 9.17) is 0 Å². The zero-order valence-corrected chi connectivity index (χ0v) is 13.1. The van der Waals surface area contributed by atoms with Crippen LogP contribution in [0, 0.1) is 4.91 Å². The predicted molar refractivity (Wildman–Crippen MR) is 94.9 cm³/mol. The lowest BCUT2D eigenvalue weighted by molar-refractivity contribution is 0.592. The normalized spacial score (nSPS) is 12.0. The second-order valence-corrected chi connectivity index (χ2v) is 5.72. The van der Waals surface area contributed by atoms with E-state index in [0.29, 0.717) is 6.42 Å². The molecule has 0 radical (unpaired) electrons. The summed E-state index contributed by atoms with van der Waals surface area (Å²) in [7, 11) is 0. The summed E-state index contributed by atoms with van der Waals surface area (Å²) in [6.07, 6.45) is 2.12. The molecule has 0 fully saturated rings. The molecule has 2 aromatic carbocycles. The number of hydrogen-bond acceptors (Lipinski definition) is 3. The number of H-pyrrole nitrogens is 1. The molecule has 3 aromatic rings. The van der Waals surface area contributed by atoms with Crippen LogP contribution in [0.25, 0.3) is 0 Å². The summed E-state index contributed by atoms with van der Waals surface area (Å²) in [4.78, 5) is 25.3. The van der Waals surface area contributed by atoms with Crippen molar-refractivity contribution in [3.8, 4) is 0 Å². The van der Waals surface area contributed by atoms with Gasteiger partial charge in [-0.3, -0.25) is 4.79 Å². The van der Waals surface area contributed by atoms with Gasteiger partial charge in [0.15, 0.2) is 0 Å². The molecule has 1 unspecified atom stereocenters. The summed E-state index contributed by atoms with van der Waals surface area (Å²) in [5.74, 6) is 0.0574. The first-order valence-electron chi connectivity index (χ1n) is 7.89. The molecule has 1 aromatic heterocycles. The fourth-order valence-electron chi connectivity index (χ4n) is 2.93. The Morgan fingerprint density at radius 2 is 1.38 bits per heavy atom. The molecule has 0 amide bonds. The number of benzene rings is 2. The van der Waals surface area contributed by atoms with Crippen LogP contribution in [0.15, 0.2) is 89.0 Å². The molecular weight excluding hydrogens is 300 g/mol. The molecule has 3 rings (SSSR count). The fraction of sp³-hybridized carbons (Fsp3) is 0.150. The number of aromatic amines is 1. The molecule has 1 heterocycles. The topological polar surface area (TPSA) is 62.3 Å². The highest BCUT2D eigenvalue weighted by atomic mass is 16.3. The zero-order chi connectivity index (χ0) is 16.8. The molecule has 0 aliphatic carbocycles. The van der Waals surface area contributed by atoms with E-state index in [2.05, 4.69) is 34.4 Å². The number of hydrogen-bond donors (Lipinski definition) is 1. The summed E-state index contributed by atoms with van der Waals surface area (Å²) >= 11 is 0. The number of nitrogens with one attached hydrogen (secondary N) is 1. The largest absolute Gasteiger partial charge is 0.329 e. The lowest BCUT2D eigenvalue weighted by Gasteiger charge is -2.21. The van der Waals surface area contributed by atoms with Gasteiger partial charge < -0.3 is 4.98 Å². The zero-order valence-electron chi connectivity index (χ0n) is 13.1. The van der Waals surface area contributed by atoms with Gasteiger partial charge >= 0.3 is 0 Å². The van der Waals surface area contributed by atoms with Crippen LogP contribution < -0.4 is 5.56 Å². The molecule has 1 N–H and O–H groups in total. The minimum Gasteiger partial charge on any atom is -0.329 e. The van der Waals surface area contributed by atoms with Crippen LogP contribution in [-0.4, -0.2) is 4.98 Å². The highest BCUT2D eigenvalue weighted by molar-refractivity contribution is 5.33. The molecule has 24 heavy (non-hydrogen) atoms. The monoisotopic (exact) mass is 318 g/mol. The van der Waals surface area contributed by atoms with Crippen LogP contribution in [0.2, 0.25) is 0 Å². The Morgan fingerprint density at radius 1 is 0.792 bits per heavy atom. The first kappa shape index (κ1) is 15.9.